The van der Waals surface area contributed by atoms with E-state index >= 15 is 0 Å². The summed E-state index contributed by atoms with van der Waals surface area (Å²) in [5.74, 6) is -0.925. The van der Waals surface area contributed by atoms with Gasteiger partial charge in [-0.25, -0.2) is 4.79 Å². The minimum atomic E-state index is -1.03. The average Bonchev–Trinajstić information content (AvgIpc) is 2.95. The number of hydrogen-bond donors (Lipinski definition) is 1. The van der Waals surface area contributed by atoms with E-state index in [4.69, 9.17) is 0 Å². The molecule has 1 amide bonds. The van der Waals surface area contributed by atoms with E-state index in [-0.39, 0.29) is 24.3 Å². The van der Waals surface area contributed by atoms with E-state index in [1.165, 1.54) is 10.5 Å². The molecule has 0 aliphatic carbocycles. The van der Waals surface area contributed by atoms with Crippen LogP contribution in [0.1, 0.15) is 73.1 Å². The van der Waals surface area contributed by atoms with Crippen LogP contribution in [-0.4, -0.2) is 27.9 Å². The number of aliphatic carboxylic acids is 1. The van der Waals surface area contributed by atoms with Crippen LogP contribution in [0, 0.1) is 0 Å². The van der Waals surface area contributed by atoms with Gasteiger partial charge in [0.15, 0.2) is 0 Å². The monoisotopic (exact) mass is 533 g/mol. The number of rotatable bonds is 9. The highest BCUT2D eigenvalue weighted by Crippen LogP contribution is 2.25. The van der Waals surface area contributed by atoms with E-state index in [1.54, 1.807) is 0 Å². The summed E-state index contributed by atoms with van der Waals surface area (Å²) in [5.41, 5.74) is 6.68. The summed E-state index contributed by atoms with van der Waals surface area (Å²) in [6.45, 7) is 10.9. The first-order valence-corrected chi connectivity index (χ1v) is 13.9. The largest absolute Gasteiger partial charge is 0.480 e. The van der Waals surface area contributed by atoms with Gasteiger partial charge in [-0.1, -0.05) is 126 Å². The maximum absolute atomic E-state index is 13.9. The van der Waals surface area contributed by atoms with E-state index in [0.717, 1.165) is 27.8 Å². The molecule has 1 N–H and O–H groups in total. The van der Waals surface area contributed by atoms with E-state index in [0.29, 0.717) is 11.5 Å². The van der Waals surface area contributed by atoms with Crippen molar-refractivity contribution < 1.29 is 14.7 Å². The van der Waals surface area contributed by atoms with E-state index in [9.17, 15) is 14.7 Å². The Hall–Kier alpha value is -4.18. The third-order valence-electron chi connectivity index (χ3n) is 7.41. The topological polar surface area (TPSA) is 57.6 Å². The molecule has 206 valence electrons. The van der Waals surface area contributed by atoms with Crippen molar-refractivity contribution in [2.75, 3.05) is 0 Å². The number of carboxylic acid groups (broad SMARTS) is 1. The zero-order valence-electron chi connectivity index (χ0n) is 24.1. The number of carboxylic acids is 1. The van der Waals surface area contributed by atoms with Gasteiger partial charge in [0.05, 0.1) is 0 Å². The fourth-order valence-corrected chi connectivity index (χ4v) is 4.82. The van der Waals surface area contributed by atoms with E-state index < -0.39 is 12.0 Å². The molecule has 0 spiro atoms. The summed E-state index contributed by atoms with van der Waals surface area (Å²) < 4.78 is 0. The van der Waals surface area contributed by atoms with Gasteiger partial charge in [-0.05, 0) is 56.8 Å². The summed E-state index contributed by atoms with van der Waals surface area (Å²) in [7, 11) is 0. The van der Waals surface area contributed by atoms with Crippen LogP contribution < -0.4 is 0 Å². The molecule has 4 aromatic carbocycles. The van der Waals surface area contributed by atoms with Crippen LogP contribution in [0.3, 0.4) is 0 Å². The van der Waals surface area contributed by atoms with Gasteiger partial charge in [0.25, 0.3) is 5.91 Å². The molecule has 40 heavy (non-hydrogen) atoms. The van der Waals surface area contributed by atoms with Gasteiger partial charge >= 0.3 is 5.97 Å². The summed E-state index contributed by atoms with van der Waals surface area (Å²) in [6, 6.07) is 32.6. The van der Waals surface area contributed by atoms with Crippen molar-refractivity contribution in [3.05, 3.63) is 131 Å². The average molecular weight is 534 g/mol. The Balaban J connectivity index is 1.65. The highest BCUT2D eigenvalue weighted by molar-refractivity contribution is 5.96. The summed E-state index contributed by atoms with van der Waals surface area (Å²) >= 11 is 0. The van der Waals surface area contributed by atoms with Crippen molar-refractivity contribution in [1.82, 2.24) is 4.90 Å². The van der Waals surface area contributed by atoms with Gasteiger partial charge in [0.1, 0.15) is 6.04 Å². The van der Waals surface area contributed by atoms with Crippen LogP contribution in [0.25, 0.3) is 11.1 Å². The van der Waals surface area contributed by atoms with E-state index in [2.05, 4.69) is 46.8 Å². The molecule has 0 aliphatic rings. The Morgan fingerprint density at radius 1 is 0.725 bits per heavy atom. The Labute approximate surface area is 238 Å². The summed E-state index contributed by atoms with van der Waals surface area (Å²) in [4.78, 5) is 28.1. The summed E-state index contributed by atoms with van der Waals surface area (Å²) in [5, 5.41) is 10.4. The van der Waals surface area contributed by atoms with Crippen molar-refractivity contribution in [3.63, 3.8) is 0 Å². The van der Waals surface area contributed by atoms with Gasteiger partial charge < -0.3 is 10.0 Å². The molecule has 1 atom stereocenters. The van der Waals surface area contributed by atoms with E-state index in [1.807, 2.05) is 91.0 Å². The Kier molecular flexibility index (Phi) is 8.89. The standard InChI is InChI=1S/C36H39NO3/c1-25(2)28-15-13-27(14-16-28)24-37(34(38)31-19-21-32(22-20-31)36(3,4)5)33(35(39)40)23-26-11-17-30(18-12-26)29-9-7-6-8-10-29/h6-22,25,33H,23-24H2,1-5H3,(H,39,40). The number of hydrogen-bond acceptors (Lipinski definition) is 2. The number of benzene rings is 4. The lowest BCUT2D eigenvalue weighted by Crippen LogP contribution is -2.46. The molecule has 4 heteroatoms. The predicted molar refractivity (Wildman–Crippen MR) is 163 cm³/mol. The van der Waals surface area contributed by atoms with Crippen molar-refractivity contribution in [2.24, 2.45) is 0 Å². The predicted octanol–water partition coefficient (Wildman–Crippen LogP) is 8.11. The van der Waals surface area contributed by atoms with Crippen molar-refractivity contribution >= 4 is 11.9 Å². The Morgan fingerprint density at radius 3 is 1.80 bits per heavy atom. The smallest absolute Gasteiger partial charge is 0.326 e. The van der Waals surface area contributed by atoms with Crippen molar-refractivity contribution in [3.8, 4) is 11.1 Å². The first kappa shape index (κ1) is 28.8. The fraction of sp³-hybridized carbons (Fsp3) is 0.278. The molecule has 4 rings (SSSR count). The third-order valence-corrected chi connectivity index (χ3v) is 7.41. The van der Waals surface area contributed by atoms with Crippen LogP contribution in [0.15, 0.2) is 103 Å². The minimum absolute atomic E-state index is 0.0467. The quantitative estimate of drug-likeness (QED) is 0.236. The first-order valence-electron chi connectivity index (χ1n) is 13.9. The lowest BCUT2D eigenvalue weighted by Gasteiger charge is -2.30. The molecule has 1 unspecified atom stereocenters. The van der Waals surface area contributed by atoms with Crippen molar-refractivity contribution in [2.45, 2.75) is 65.0 Å². The number of carbonyl (C=O) groups excluding carboxylic acids is 1. The molecule has 0 radical (unpaired) electrons. The van der Waals surface area contributed by atoms with Crippen LogP contribution in [0.4, 0.5) is 0 Å². The molecule has 0 saturated carbocycles. The van der Waals surface area contributed by atoms with Gasteiger partial charge in [0.2, 0.25) is 0 Å². The minimum Gasteiger partial charge on any atom is -0.480 e. The third kappa shape index (κ3) is 7.06. The fourth-order valence-electron chi connectivity index (χ4n) is 4.82. The van der Waals surface area contributed by atoms with Crippen LogP contribution >= 0.6 is 0 Å². The lowest BCUT2D eigenvalue weighted by atomic mass is 9.86. The van der Waals surface area contributed by atoms with Gasteiger partial charge in [-0.15, -0.1) is 0 Å². The molecule has 0 aliphatic heterocycles. The van der Waals surface area contributed by atoms with Gasteiger partial charge in [-0.3, -0.25) is 4.79 Å². The van der Waals surface area contributed by atoms with Gasteiger partial charge in [-0.2, -0.15) is 0 Å². The maximum atomic E-state index is 13.9. The molecule has 0 heterocycles. The molecular weight excluding hydrogens is 494 g/mol. The molecule has 0 bridgehead atoms. The van der Waals surface area contributed by atoms with Crippen LogP contribution in [0.2, 0.25) is 0 Å². The Bertz CT molecular complexity index is 1420. The normalized spacial score (nSPS) is 12.2. The zero-order chi connectivity index (χ0) is 28.9. The first-order chi connectivity index (χ1) is 19.0. The molecule has 4 aromatic rings. The SMILES string of the molecule is CC(C)c1ccc(CN(C(=O)c2ccc(C(C)(C)C)cc2)C(Cc2ccc(-c3ccccc3)cc2)C(=O)O)cc1. The number of amides is 1. The highest BCUT2D eigenvalue weighted by atomic mass is 16.4. The van der Waals surface area contributed by atoms with Gasteiger partial charge in [0, 0.05) is 18.5 Å². The summed E-state index contributed by atoms with van der Waals surface area (Å²) in [6.07, 6.45) is 0.209. The molecule has 0 saturated heterocycles. The molecule has 4 nitrogen and oxygen atoms in total. The molecular formula is C36H39NO3. The van der Waals surface area contributed by atoms with Crippen LogP contribution in [-0.2, 0) is 23.2 Å². The second kappa shape index (κ2) is 12.3. The zero-order valence-corrected chi connectivity index (χ0v) is 24.1. The molecule has 0 aromatic heterocycles. The van der Waals surface area contributed by atoms with Crippen molar-refractivity contribution in [1.29, 1.82) is 0 Å². The number of carbonyl (C=O) groups is 2. The lowest BCUT2D eigenvalue weighted by molar-refractivity contribution is -0.142. The maximum Gasteiger partial charge on any atom is 0.326 e. The highest BCUT2D eigenvalue weighted by Gasteiger charge is 2.31. The second-order valence-electron chi connectivity index (χ2n) is 11.8. The second-order valence-corrected chi connectivity index (χ2v) is 11.8. The molecule has 0 fully saturated rings. The number of nitrogens with zero attached hydrogens (tertiary/aromatic N) is 1. The Morgan fingerprint density at radius 2 is 1.27 bits per heavy atom. The van der Waals surface area contributed by atoms with Crippen LogP contribution in [0.5, 0.6) is 0 Å².